The van der Waals surface area contributed by atoms with Crippen molar-refractivity contribution in [2.45, 2.75) is 25.3 Å². The van der Waals surface area contributed by atoms with E-state index in [1.165, 1.54) is 4.31 Å². The van der Waals surface area contributed by atoms with Gasteiger partial charge in [0.25, 0.3) is 0 Å². The lowest BCUT2D eigenvalue weighted by Crippen LogP contribution is -2.34. The lowest BCUT2D eigenvalue weighted by atomic mass is 10.0. The Bertz CT molecular complexity index is 610. The van der Waals surface area contributed by atoms with Crippen LogP contribution in [0.2, 0.25) is 0 Å². The van der Waals surface area contributed by atoms with Crippen LogP contribution in [0.5, 0.6) is 0 Å². The van der Waals surface area contributed by atoms with E-state index in [2.05, 4.69) is 30.0 Å². The summed E-state index contributed by atoms with van der Waals surface area (Å²) < 4.78 is 30.8. The Hall–Kier alpha value is -0.890. The van der Waals surface area contributed by atoms with Crippen molar-refractivity contribution in [3.05, 3.63) is 23.7 Å². The third-order valence-electron chi connectivity index (χ3n) is 4.59. The third-order valence-corrected chi connectivity index (χ3v) is 6.50. The summed E-state index contributed by atoms with van der Waals surface area (Å²) in [5.74, 6) is 2.51. The van der Waals surface area contributed by atoms with Gasteiger partial charge in [0.1, 0.15) is 11.5 Å². The Kier molecular flexibility index (Phi) is 5.89. The average molecular weight is 343 g/mol. The van der Waals surface area contributed by atoms with Gasteiger partial charge >= 0.3 is 0 Å². The van der Waals surface area contributed by atoms with E-state index in [1.807, 2.05) is 13.0 Å². The first-order valence-corrected chi connectivity index (χ1v) is 9.67. The molecule has 0 unspecified atom stereocenters. The van der Waals surface area contributed by atoms with Gasteiger partial charge in [-0.1, -0.05) is 0 Å². The molecule has 1 aromatic rings. The highest BCUT2D eigenvalue weighted by atomic mass is 32.2. The predicted octanol–water partition coefficient (Wildman–Crippen LogP) is 1.20. The molecule has 0 spiro atoms. The Morgan fingerprint density at radius 2 is 1.91 bits per heavy atom. The zero-order valence-electron chi connectivity index (χ0n) is 14.8. The number of sulfonamides is 1. The molecule has 2 atom stereocenters. The van der Waals surface area contributed by atoms with Gasteiger partial charge in [-0.2, -0.15) is 0 Å². The first kappa shape index (κ1) is 18.4. The number of furan rings is 1. The number of rotatable bonds is 7. The molecule has 6 nitrogen and oxygen atoms in total. The highest BCUT2D eigenvalue weighted by Gasteiger charge is 2.36. The van der Waals surface area contributed by atoms with Gasteiger partial charge < -0.3 is 14.2 Å². The van der Waals surface area contributed by atoms with Crippen LogP contribution in [0.1, 0.15) is 23.9 Å². The molecule has 0 saturated carbocycles. The maximum Gasteiger partial charge on any atom is 0.213 e. The monoisotopic (exact) mass is 343 g/mol. The molecule has 1 fully saturated rings. The number of likely N-dealkylation sites (N-methyl/N-ethyl adjacent to an activating group) is 1. The van der Waals surface area contributed by atoms with E-state index in [1.54, 1.807) is 14.1 Å². The maximum absolute atomic E-state index is 11.8. The summed E-state index contributed by atoms with van der Waals surface area (Å²) in [6.45, 7) is 4.62. The molecule has 2 heterocycles. The van der Waals surface area contributed by atoms with E-state index in [0.717, 1.165) is 31.2 Å². The summed E-state index contributed by atoms with van der Waals surface area (Å²) in [5, 5.41) is 0. The zero-order chi connectivity index (χ0) is 17.2. The Balaban J connectivity index is 1.95. The molecule has 1 saturated heterocycles. The molecule has 7 heteroatoms. The quantitative estimate of drug-likeness (QED) is 0.745. The van der Waals surface area contributed by atoms with E-state index < -0.39 is 10.0 Å². The third kappa shape index (κ3) is 4.56. The fraction of sp³-hybridized carbons (Fsp3) is 0.750. The Labute approximate surface area is 140 Å². The van der Waals surface area contributed by atoms with E-state index in [0.29, 0.717) is 18.4 Å². The molecule has 1 aliphatic heterocycles. The molecular formula is C16H29N3O3S. The van der Waals surface area contributed by atoms with Crippen LogP contribution in [-0.2, 0) is 10.0 Å². The second-order valence-electron chi connectivity index (χ2n) is 6.80. The lowest BCUT2D eigenvalue weighted by Gasteiger charge is -2.24. The molecule has 1 aromatic heterocycles. The maximum atomic E-state index is 11.8. The summed E-state index contributed by atoms with van der Waals surface area (Å²) in [6, 6.07) is 4.47. The molecule has 0 aromatic carbocycles. The van der Waals surface area contributed by atoms with Gasteiger partial charge in [0.2, 0.25) is 10.0 Å². The minimum absolute atomic E-state index is 0.202. The van der Waals surface area contributed by atoms with Crippen molar-refractivity contribution in [1.82, 2.24) is 14.1 Å². The summed E-state index contributed by atoms with van der Waals surface area (Å²) in [6.07, 6.45) is 0.657. The van der Waals surface area contributed by atoms with Gasteiger partial charge in [0.15, 0.2) is 0 Å². The topological polar surface area (TPSA) is 57.0 Å². The molecule has 2 rings (SSSR count). The number of nitrogens with zero attached hydrogens (tertiary/aromatic N) is 3. The lowest BCUT2D eigenvalue weighted by molar-refractivity contribution is 0.256. The fourth-order valence-electron chi connectivity index (χ4n) is 3.16. The van der Waals surface area contributed by atoms with Crippen LogP contribution in [0.3, 0.4) is 0 Å². The minimum Gasteiger partial charge on any atom is -0.466 e. The van der Waals surface area contributed by atoms with Crippen LogP contribution >= 0.6 is 0 Å². The van der Waals surface area contributed by atoms with Crippen LogP contribution in [0.15, 0.2) is 16.5 Å². The first-order valence-electron chi connectivity index (χ1n) is 8.06. The van der Waals surface area contributed by atoms with Crippen LogP contribution in [0, 0.1) is 6.92 Å². The van der Waals surface area contributed by atoms with E-state index >= 15 is 0 Å². The SMILES string of the molecule is Cc1ccc([C@@H]2CN(CCCS(=O)(=O)N(C)C)C[C@H]2N(C)C)o1. The van der Waals surface area contributed by atoms with Crippen LogP contribution in [0.25, 0.3) is 0 Å². The summed E-state index contributed by atoms with van der Waals surface area (Å²) >= 11 is 0. The van der Waals surface area contributed by atoms with Gasteiger partial charge in [-0.25, -0.2) is 12.7 Å². The van der Waals surface area contributed by atoms with Gasteiger partial charge in [-0.3, -0.25) is 0 Å². The van der Waals surface area contributed by atoms with E-state index in [4.69, 9.17) is 4.42 Å². The van der Waals surface area contributed by atoms with Crippen molar-refractivity contribution in [2.75, 3.05) is 53.6 Å². The number of hydrogen-bond acceptors (Lipinski definition) is 5. The molecule has 1 aliphatic rings. The molecule has 0 N–H and O–H groups in total. The smallest absolute Gasteiger partial charge is 0.213 e. The Morgan fingerprint density at radius 1 is 1.22 bits per heavy atom. The van der Waals surface area contributed by atoms with Gasteiger partial charge in [0, 0.05) is 39.1 Å². The van der Waals surface area contributed by atoms with Crippen molar-refractivity contribution >= 4 is 10.0 Å². The zero-order valence-corrected chi connectivity index (χ0v) is 15.6. The molecule has 0 aliphatic carbocycles. The van der Waals surface area contributed by atoms with Crippen molar-refractivity contribution in [1.29, 1.82) is 0 Å². The average Bonchev–Trinajstić information content (AvgIpc) is 3.04. The second kappa shape index (κ2) is 7.34. The van der Waals surface area contributed by atoms with Gasteiger partial charge in [0.05, 0.1) is 5.75 Å². The number of aryl methyl sites for hydroxylation is 1. The minimum atomic E-state index is -3.10. The fourth-order valence-corrected chi connectivity index (χ4v) is 4.02. The van der Waals surface area contributed by atoms with Gasteiger partial charge in [-0.05, 0) is 46.1 Å². The molecule has 0 radical (unpaired) electrons. The van der Waals surface area contributed by atoms with Crippen molar-refractivity contribution in [3.8, 4) is 0 Å². The number of hydrogen-bond donors (Lipinski definition) is 0. The van der Waals surface area contributed by atoms with E-state index in [9.17, 15) is 8.42 Å². The van der Waals surface area contributed by atoms with Crippen LogP contribution in [0.4, 0.5) is 0 Å². The molecular weight excluding hydrogens is 314 g/mol. The van der Waals surface area contributed by atoms with Gasteiger partial charge in [-0.15, -0.1) is 0 Å². The molecule has 0 amide bonds. The van der Waals surface area contributed by atoms with Crippen molar-refractivity contribution in [2.24, 2.45) is 0 Å². The largest absolute Gasteiger partial charge is 0.466 e. The highest BCUT2D eigenvalue weighted by Crippen LogP contribution is 2.31. The summed E-state index contributed by atoms with van der Waals surface area (Å²) in [5.41, 5.74) is 0. The Morgan fingerprint density at radius 3 is 2.43 bits per heavy atom. The van der Waals surface area contributed by atoms with Crippen molar-refractivity contribution in [3.63, 3.8) is 0 Å². The van der Waals surface area contributed by atoms with Crippen molar-refractivity contribution < 1.29 is 12.8 Å². The van der Waals surface area contributed by atoms with E-state index in [-0.39, 0.29) is 5.75 Å². The highest BCUT2D eigenvalue weighted by molar-refractivity contribution is 7.89. The normalized spacial score (nSPS) is 23.3. The summed E-state index contributed by atoms with van der Waals surface area (Å²) in [4.78, 5) is 4.58. The number of likely N-dealkylation sites (tertiary alicyclic amines) is 1. The molecule has 23 heavy (non-hydrogen) atoms. The van der Waals surface area contributed by atoms with Crippen LogP contribution in [-0.4, -0.2) is 82.1 Å². The second-order valence-corrected chi connectivity index (χ2v) is 9.10. The van der Waals surface area contributed by atoms with Crippen LogP contribution < -0.4 is 0 Å². The standard InChI is InChI=1S/C16H29N3O3S/c1-13-7-8-16(22-13)14-11-19(12-15(14)17(2)3)9-6-10-23(20,21)18(4)5/h7-8,14-15H,6,9-12H2,1-5H3/t14-,15-/m1/s1. The molecule has 0 bridgehead atoms. The predicted molar refractivity (Wildman–Crippen MR) is 92.2 cm³/mol. The molecule has 132 valence electrons. The first-order chi connectivity index (χ1) is 10.7. The summed E-state index contributed by atoms with van der Waals surface area (Å²) in [7, 11) is 4.25.